The number of benzene rings is 1. The van der Waals surface area contributed by atoms with E-state index in [1.54, 1.807) is 12.3 Å². The Balaban J connectivity index is 1.26. The van der Waals surface area contributed by atoms with E-state index in [9.17, 15) is 14.7 Å². The average Bonchev–Trinajstić information content (AvgIpc) is 3.26. The van der Waals surface area contributed by atoms with E-state index in [0.29, 0.717) is 29.2 Å². The first-order valence-corrected chi connectivity index (χ1v) is 13.6. The lowest BCUT2D eigenvalue weighted by molar-refractivity contribution is -0.122. The van der Waals surface area contributed by atoms with E-state index >= 15 is 0 Å². The van der Waals surface area contributed by atoms with E-state index in [-0.39, 0.29) is 28.3 Å². The number of H-pyrrole nitrogens is 1. The SMILES string of the molecule is O=C(c1cc[nH]c(=O)c1)N1C[C@H]2CC34CCC1C2C31CCN(C2CCC2)C4Cc2ccc(O)cc21. The van der Waals surface area contributed by atoms with Crippen molar-refractivity contribution >= 4 is 5.91 Å². The van der Waals surface area contributed by atoms with Crippen LogP contribution in [0.5, 0.6) is 5.75 Å². The summed E-state index contributed by atoms with van der Waals surface area (Å²) < 4.78 is 0. The number of hydrogen-bond donors (Lipinski definition) is 2. The number of aromatic hydroxyl groups is 1. The third kappa shape index (κ3) is 2.40. The van der Waals surface area contributed by atoms with Crippen LogP contribution in [0, 0.1) is 17.3 Å². The minimum absolute atomic E-state index is 0.00907. The molecule has 1 amide bonds. The second-order valence-electron chi connectivity index (χ2n) is 12.3. The van der Waals surface area contributed by atoms with Gasteiger partial charge in [-0.2, -0.15) is 0 Å². The fraction of sp³-hybridized carbons (Fsp3) is 0.586. The normalized spacial score (nSPS) is 39.1. The Hall–Kier alpha value is -2.60. The Labute approximate surface area is 205 Å². The van der Waals surface area contributed by atoms with Crippen LogP contribution in [0.15, 0.2) is 41.3 Å². The van der Waals surface area contributed by atoms with Crippen molar-refractivity contribution in [2.45, 2.75) is 74.9 Å². The van der Waals surface area contributed by atoms with Crippen LogP contribution < -0.4 is 5.56 Å². The van der Waals surface area contributed by atoms with Gasteiger partial charge in [0, 0.05) is 47.9 Å². The highest BCUT2D eigenvalue weighted by Gasteiger charge is 2.76. The van der Waals surface area contributed by atoms with Crippen molar-refractivity contribution in [1.82, 2.24) is 14.8 Å². The molecule has 5 unspecified atom stereocenters. The zero-order valence-electron chi connectivity index (χ0n) is 20.1. The number of carbonyl (C=O) groups excluding carboxylic acids is 1. The van der Waals surface area contributed by atoms with Crippen LogP contribution in [0.3, 0.4) is 0 Å². The van der Waals surface area contributed by atoms with Gasteiger partial charge in [-0.3, -0.25) is 14.5 Å². The van der Waals surface area contributed by atoms with Crippen LogP contribution in [0.25, 0.3) is 0 Å². The maximum Gasteiger partial charge on any atom is 0.254 e. The smallest absolute Gasteiger partial charge is 0.254 e. The van der Waals surface area contributed by atoms with Gasteiger partial charge < -0.3 is 15.0 Å². The summed E-state index contributed by atoms with van der Waals surface area (Å²) in [5.41, 5.74) is 3.40. The van der Waals surface area contributed by atoms with Crippen molar-refractivity contribution in [2.75, 3.05) is 13.1 Å². The summed E-state index contributed by atoms with van der Waals surface area (Å²) in [5, 5.41) is 10.6. The number of nitrogens with one attached hydrogen (secondary N) is 1. The Morgan fingerprint density at radius 3 is 2.80 bits per heavy atom. The van der Waals surface area contributed by atoms with Crippen molar-refractivity contribution in [2.24, 2.45) is 17.3 Å². The van der Waals surface area contributed by atoms with E-state index < -0.39 is 0 Å². The number of likely N-dealkylation sites (tertiary alicyclic amines) is 2. The first-order valence-electron chi connectivity index (χ1n) is 13.6. The zero-order valence-corrected chi connectivity index (χ0v) is 20.1. The number of piperidine rings is 1. The summed E-state index contributed by atoms with van der Waals surface area (Å²) in [6.07, 6.45) is 11.3. The van der Waals surface area contributed by atoms with Gasteiger partial charge in [0.1, 0.15) is 5.75 Å². The molecule has 3 heterocycles. The zero-order chi connectivity index (χ0) is 23.5. The van der Waals surface area contributed by atoms with Crippen LogP contribution in [0.2, 0.25) is 0 Å². The molecule has 6 aliphatic rings. The number of nitrogens with zero attached hydrogens (tertiary/aromatic N) is 2. The number of carbonyl (C=O) groups is 1. The van der Waals surface area contributed by atoms with E-state index in [1.807, 2.05) is 6.07 Å². The molecule has 4 aliphatic carbocycles. The first-order chi connectivity index (χ1) is 17.0. The lowest BCUT2D eigenvalue weighted by Crippen LogP contribution is -2.71. The van der Waals surface area contributed by atoms with Gasteiger partial charge >= 0.3 is 0 Å². The van der Waals surface area contributed by atoms with Gasteiger partial charge in [0.2, 0.25) is 5.56 Å². The molecular formula is C29H33N3O3. The number of aromatic amines is 1. The molecule has 6 heteroatoms. The monoisotopic (exact) mass is 471 g/mol. The van der Waals surface area contributed by atoms with Crippen LogP contribution in [0.4, 0.5) is 0 Å². The number of fused-ring (bicyclic) bond motifs is 1. The molecular weight excluding hydrogens is 438 g/mol. The van der Waals surface area contributed by atoms with Gasteiger partial charge in [-0.05, 0) is 98.1 Å². The summed E-state index contributed by atoms with van der Waals surface area (Å²) in [5.74, 6) is 1.32. The topological polar surface area (TPSA) is 76.6 Å². The Bertz CT molecular complexity index is 1300. The number of aromatic nitrogens is 1. The van der Waals surface area contributed by atoms with Crippen molar-refractivity contribution in [3.8, 4) is 5.75 Å². The predicted molar refractivity (Wildman–Crippen MR) is 131 cm³/mol. The van der Waals surface area contributed by atoms with Gasteiger partial charge in [0.05, 0.1) is 0 Å². The van der Waals surface area contributed by atoms with Crippen molar-refractivity contribution < 1.29 is 9.90 Å². The van der Waals surface area contributed by atoms with Gasteiger partial charge in [-0.25, -0.2) is 0 Å². The fourth-order valence-electron chi connectivity index (χ4n) is 10.2. The molecule has 6 atom stereocenters. The number of phenolic OH excluding ortho intramolecular Hbond substituents is 1. The predicted octanol–water partition coefficient (Wildman–Crippen LogP) is 3.44. The lowest BCUT2D eigenvalue weighted by Gasteiger charge is -2.68. The molecule has 2 aliphatic heterocycles. The van der Waals surface area contributed by atoms with Gasteiger partial charge in [-0.15, -0.1) is 0 Å². The summed E-state index contributed by atoms with van der Waals surface area (Å²) in [7, 11) is 0. The van der Waals surface area contributed by atoms with Gasteiger partial charge in [-0.1, -0.05) is 12.5 Å². The number of amides is 1. The third-order valence-electron chi connectivity index (χ3n) is 11.3. The second-order valence-corrected chi connectivity index (χ2v) is 12.3. The Kier molecular flexibility index (Phi) is 3.99. The van der Waals surface area contributed by atoms with E-state index in [1.165, 1.54) is 42.9 Å². The summed E-state index contributed by atoms with van der Waals surface area (Å²) >= 11 is 0. The summed E-state index contributed by atoms with van der Waals surface area (Å²) in [6, 6.07) is 10.9. The number of hydrogen-bond acceptors (Lipinski definition) is 4. The Morgan fingerprint density at radius 2 is 2.00 bits per heavy atom. The van der Waals surface area contributed by atoms with Gasteiger partial charge in [0.15, 0.2) is 0 Å². The number of pyridine rings is 1. The molecule has 6 nitrogen and oxygen atoms in total. The molecule has 3 saturated carbocycles. The summed E-state index contributed by atoms with van der Waals surface area (Å²) in [4.78, 5) is 33.2. The van der Waals surface area contributed by atoms with E-state index in [4.69, 9.17) is 0 Å². The molecule has 8 rings (SSSR count). The standard InChI is InChI=1S/C29H33N3O3/c33-21-5-4-17-12-24-28-8-6-23-26(29(28,22(17)14-21)9-11-31(24)20-2-1-3-20)19(15-28)16-32(23)27(35)18-7-10-30-25(34)13-18/h4-5,7,10,13-14,19-20,23-24,26,33H,1-3,6,8-9,11-12,15-16H2,(H,30,34)/t19-,23?,24?,26?,28?,29?/m1/s1. The highest BCUT2D eigenvalue weighted by atomic mass is 16.3. The summed E-state index contributed by atoms with van der Waals surface area (Å²) in [6.45, 7) is 1.94. The van der Waals surface area contributed by atoms with Crippen molar-refractivity contribution in [3.05, 3.63) is 63.6 Å². The largest absolute Gasteiger partial charge is 0.508 e. The highest BCUT2D eigenvalue weighted by Crippen LogP contribution is 2.75. The minimum Gasteiger partial charge on any atom is -0.508 e. The molecule has 0 radical (unpaired) electrons. The van der Waals surface area contributed by atoms with Gasteiger partial charge in [0.25, 0.3) is 5.91 Å². The second kappa shape index (κ2) is 6.78. The molecule has 2 N–H and O–H groups in total. The molecule has 2 aromatic rings. The Morgan fingerprint density at radius 1 is 1.11 bits per heavy atom. The maximum atomic E-state index is 13.7. The van der Waals surface area contributed by atoms with Crippen LogP contribution in [-0.4, -0.2) is 57.0 Å². The van der Waals surface area contributed by atoms with E-state index in [2.05, 4.69) is 26.9 Å². The highest BCUT2D eigenvalue weighted by molar-refractivity contribution is 5.94. The molecule has 182 valence electrons. The molecule has 5 fully saturated rings. The van der Waals surface area contributed by atoms with Crippen LogP contribution >= 0.6 is 0 Å². The van der Waals surface area contributed by atoms with Crippen molar-refractivity contribution in [3.63, 3.8) is 0 Å². The number of phenols is 1. The third-order valence-corrected chi connectivity index (χ3v) is 11.3. The maximum absolute atomic E-state index is 13.7. The number of rotatable bonds is 2. The average molecular weight is 472 g/mol. The first kappa shape index (κ1) is 20.6. The van der Waals surface area contributed by atoms with Crippen LogP contribution in [-0.2, 0) is 11.8 Å². The lowest BCUT2D eigenvalue weighted by atomic mass is 9.43. The molecule has 1 aromatic heterocycles. The quantitative estimate of drug-likeness (QED) is 0.704. The molecule has 35 heavy (non-hydrogen) atoms. The fourth-order valence-corrected chi connectivity index (χ4v) is 10.2. The molecule has 4 bridgehead atoms. The van der Waals surface area contributed by atoms with Crippen molar-refractivity contribution in [1.29, 1.82) is 0 Å². The minimum atomic E-state index is -0.223. The molecule has 1 aromatic carbocycles. The van der Waals surface area contributed by atoms with E-state index in [0.717, 1.165) is 44.8 Å². The van der Waals surface area contributed by atoms with Crippen LogP contribution in [0.1, 0.15) is 66.4 Å². The molecule has 0 spiro atoms. The molecule has 2 saturated heterocycles.